The van der Waals surface area contributed by atoms with Crippen LogP contribution in [0.3, 0.4) is 0 Å². The first-order valence-corrected chi connectivity index (χ1v) is 7.71. The lowest BCUT2D eigenvalue weighted by atomic mass is 9.71. The van der Waals surface area contributed by atoms with Crippen molar-refractivity contribution in [1.29, 1.82) is 0 Å². The van der Waals surface area contributed by atoms with Gasteiger partial charge in [-0.2, -0.15) is 0 Å². The van der Waals surface area contributed by atoms with Crippen LogP contribution in [0.2, 0.25) is 0 Å². The molecule has 1 aliphatic rings. The zero-order chi connectivity index (χ0) is 13.8. The van der Waals surface area contributed by atoms with Gasteiger partial charge < -0.3 is 5.32 Å². The average Bonchev–Trinajstić information content (AvgIpc) is 2.25. The summed E-state index contributed by atoms with van der Waals surface area (Å²) in [5.74, 6) is 2.67. The first kappa shape index (κ1) is 15.8. The molecule has 18 heavy (non-hydrogen) atoms. The average molecular weight is 251 g/mol. The van der Waals surface area contributed by atoms with E-state index in [2.05, 4.69) is 46.5 Å². The van der Waals surface area contributed by atoms with Crippen LogP contribution in [0.5, 0.6) is 0 Å². The standard InChI is InChI=1S/C17H33N/c1-7-14-8-9-15(12-18-17(4,5)6)16(11-14)10-13(2)3/h14-16,18H,2,7-12H2,1,3-6H3. The molecule has 1 nitrogen and oxygen atoms in total. The van der Waals surface area contributed by atoms with E-state index >= 15 is 0 Å². The molecule has 0 saturated heterocycles. The predicted molar refractivity (Wildman–Crippen MR) is 81.8 cm³/mol. The van der Waals surface area contributed by atoms with E-state index in [1.165, 1.54) is 44.2 Å². The van der Waals surface area contributed by atoms with Crippen LogP contribution in [0.15, 0.2) is 12.2 Å². The van der Waals surface area contributed by atoms with Gasteiger partial charge in [-0.3, -0.25) is 0 Å². The monoisotopic (exact) mass is 251 g/mol. The molecule has 1 aliphatic carbocycles. The third kappa shape index (κ3) is 5.56. The zero-order valence-electron chi connectivity index (χ0n) is 13.2. The Morgan fingerprint density at radius 3 is 2.39 bits per heavy atom. The van der Waals surface area contributed by atoms with Crippen LogP contribution in [-0.2, 0) is 0 Å². The van der Waals surface area contributed by atoms with Gasteiger partial charge in [0.1, 0.15) is 0 Å². The van der Waals surface area contributed by atoms with Crippen molar-refractivity contribution in [2.75, 3.05) is 6.54 Å². The minimum atomic E-state index is 0.245. The maximum atomic E-state index is 4.12. The molecule has 1 N–H and O–H groups in total. The van der Waals surface area contributed by atoms with Crippen molar-refractivity contribution in [2.24, 2.45) is 17.8 Å². The second-order valence-corrected chi connectivity index (χ2v) is 7.40. The lowest BCUT2D eigenvalue weighted by Crippen LogP contribution is -2.42. The summed E-state index contributed by atoms with van der Waals surface area (Å²) in [4.78, 5) is 0. The van der Waals surface area contributed by atoms with E-state index in [0.717, 1.165) is 17.8 Å². The van der Waals surface area contributed by atoms with E-state index in [1.54, 1.807) is 0 Å². The Bertz CT molecular complexity index is 261. The smallest absolute Gasteiger partial charge is 0.00966 e. The molecule has 1 heteroatoms. The quantitative estimate of drug-likeness (QED) is 0.693. The minimum Gasteiger partial charge on any atom is -0.312 e. The highest BCUT2D eigenvalue weighted by Crippen LogP contribution is 2.38. The summed E-state index contributed by atoms with van der Waals surface area (Å²) in [6, 6.07) is 0. The van der Waals surface area contributed by atoms with Crippen molar-refractivity contribution in [1.82, 2.24) is 5.32 Å². The molecule has 106 valence electrons. The van der Waals surface area contributed by atoms with Crippen LogP contribution >= 0.6 is 0 Å². The van der Waals surface area contributed by atoms with Crippen LogP contribution in [0.4, 0.5) is 0 Å². The third-order valence-electron chi connectivity index (χ3n) is 4.33. The van der Waals surface area contributed by atoms with E-state index in [1.807, 2.05) is 0 Å². The summed E-state index contributed by atoms with van der Waals surface area (Å²) in [6.07, 6.45) is 6.83. The van der Waals surface area contributed by atoms with Crippen LogP contribution in [0.25, 0.3) is 0 Å². The fourth-order valence-electron chi connectivity index (χ4n) is 3.20. The summed E-state index contributed by atoms with van der Waals surface area (Å²) in [7, 11) is 0. The molecule has 0 amide bonds. The molecular formula is C17H33N. The maximum Gasteiger partial charge on any atom is 0.00966 e. The highest BCUT2D eigenvalue weighted by molar-refractivity contribution is 4.95. The molecule has 3 atom stereocenters. The summed E-state index contributed by atoms with van der Waals surface area (Å²) in [5.41, 5.74) is 1.60. The van der Waals surface area contributed by atoms with Gasteiger partial charge in [0.25, 0.3) is 0 Å². The molecule has 0 spiro atoms. The second kappa shape index (κ2) is 6.75. The molecule has 0 heterocycles. The van der Waals surface area contributed by atoms with E-state index in [9.17, 15) is 0 Å². The SMILES string of the molecule is C=C(C)CC1CC(CC)CCC1CNC(C)(C)C. The molecule has 1 fully saturated rings. The van der Waals surface area contributed by atoms with Crippen molar-refractivity contribution >= 4 is 0 Å². The van der Waals surface area contributed by atoms with Crippen molar-refractivity contribution < 1.29 is 0 Å². The number of nitrogens with one attached hydrogen (secondary N) is 1. The molecule has 0 aliphatic heterocycles. The summed E-state index contributed by atoms with van der Waals surface area (Å²) >= 11 is 0. The molecule has 1 saturated carbocycles. The number of hydrogen-bond donors (Lipinski definition) is 1. The van der Waals surface area contributed by atoms with Crippen LogP contribution < -0.4 is 5.32 Å². The van der Waals surface area contributed by atoms with E-state index in [-0.39, 0.29) is 5.54 Å². The van der Waals surface area contributed by atoms with Crippen molar-refractivity contribution in [3.05, 3.63) is 12.2 Å². The van der Waals surface area contributed by atoms with Gasteiger partial charge in [-0.15, -0.1) is 6.58 Å². The highest BCUT2D eigenvalue weighted by atomic mass is 14.9. The number of rotatable bonds is 5. The van der Waals surface area contributed by atoms with E-state index in [0.29, 0.717) is 0 Å². The Hall–Kier alpha value is -0.300. The first-order valence-electron chi connectivity index (χ1n) is 7.71. The molecule has 0 aromatic carbocycles. The van der Waals surface area contributed by atoms with Gasteiger partial charge in [-0.05, 0) is 71.3 Å². The Morgan fingerprint density at radius 1 is 1.22 bits per heavy atom. The van der Waals surface area contributed by atoms with Gasteiger partial charge in [0.2, 0.25) is 0 Å². The van der Waals surface area contributed by atoms with Gasteiger partial charge in [-0.1, -0.05) is 25.3 Å². The van der Waals surface area contributed by atoms with E-state index < -0.39 is 0 Å². The Morgan fingerprint density at radius 2 is 1.89 bits per heavy atom. The van der Waals surface area contributed by atoms with Crippen LogP contribution in [-0.4, -0.2) is 12.1 Å². The second-order valence-electron chi connectivity index (χ2n) is 7.40. The van der Waals surface area contributed by atoms with Gasteiger partial charge >= 0.3 is 0 Å². The zero-order valence-corrected chi connectivity index (χ0v) is 13.2. The van der Waals surface area contributed by atoms with Gasteiger partial charge in [0.15, 0.2) is 0 Å². The molecule has 1 rings (SSSR count). The lowest BCUT2D eigenvalue weighted by Gasteiger charge is -2.38. The maximum absolute atomic E-state index is 4.12. The predicted octanol–water partition coefficient (Wildman–Crippen LogP) is 4.78. The largest absolute Gasteiger partial charge is 0.312 e. The summed E-state index contributed by atoms with van der Waals surface area (Å²) in [6.45, 7) is 16.6. The van der Waals surface area contributed by atoms with Crippen molar-refractivity contribution in [3.63, 3.8) is 0 Å². The molecular weight excluding hydrogens is 218 g/mol. The fraction of sp³-hybridized carbons (Fsp3) is 0.882. The minimum absolute atomic E-state index is 0.245. The Balaban J connectivity index is 2.54. The highest BCUT2D eigenvalue weighted by Gasteiger charge is 2.30. The molecule has 0 aromatic rings. The normalized spacial score (nSPS) is 29.3. The lowest BCUT2D eigenvalue weighted by molar-refractivity contribution is 0.163. The topological polar surface area (TPSA) is 12.0 Å². The third-order valence-corrected chi connectivity index (χ3v) is 4.33. The van der Waals surface area contributed by atoms with Gasteiger partial charge in [0.05, 0.1) is 0 Å². The number of allylic oxidation sites excluding steroid dienone is 1. The van der Waals surface area contributed by atoms with Gasteiger partial charge in [0, 0.05) is 5.54 Å². The van der Waals surface area contributed by atoms with Crippen molar-refractivity contribution in [3.8, 4) is 0 Å². The van der Waals surface area contributed by atoms with Crippen LogP contribution in [0.1, 0.15) is 66.7 Å². The van der Waals surface area contributed by atoms with Gasteiger partial charge in [-0.25, -0.2) is 0 Å². The first-order chi connectivity index (χ1) is 8.31. The van der Waals surface area contributed by atoms with Crippen LogP contribution in [0, 0.1) is 17.8 Å². The van der Waals surface area contributed by atoms with Crippen molar-refractivity contribution in [2.45, 2.75) is 72.3 Å². The molecule has 3 unspecified atom stereocenters. The summed E-state index contributed by atoms with van der Waals surface area (Å²) in [5, 5.41) is 3.70. The fourth-order valence-corrected chi connectivity index (χ4v) is 3.20. The molecule has 0 aromatic heterocycles. The molecule has 0 bridgehead atoms. The Kier molecular flexibility index (Phi) is 5.91. The Labute approximate surface area is 114 Å². The van der Waals surface area contributed by atoms with E-state index in [4.69, 9.17) is 0 Å². The molecule has 0 radical (unpaired) electrons. The summed E-state index contributed by atoms with van der Waals surface area (Å²) < 4.78 is 0. The number of hydrogen-bond acceptors (Lipinski definition) is 1.